The molecular formula is C31H40FN5O7. The third-order valence-electron chi connectivity index (χ3n) is 7.86. The molecule has 13 heteroatoms. The highest BCUT2D eigenvalue weighted by Gasteiger charge is 2.32. The summed E-state index contributed by atoms with van der Waals surface area (Å²) in [6, 6.07) is 8.85. The minimum absolute atomic E-state index is 0.00975. The largest absolute Gasteiger partial charge is 0.481 e. The van der Waals surface area contributed by atoms with Gasteiger partial charge in [-0.1, -0.05) is 43.7 Å². The molecule has 2 aromatic rings. The standard InChI is InChI=1S/C31H40FN5O7/c1-3-4-18-44-31(42)36-16-14-35(15-17-36)30(41)23(10-11-26(38)39)34-29(40)24-19-25(37-13-12-22(20-37)43-2)27(32)28(33-24)21-8-6-5-7-9-21/h5-9,19,22-23H,3-4,10-18,20H2,1-2H3,(H,34,40)(H,38,39). The molecule has 0 saturated carbocycles. The van der Waals surface area contributed by atoms with Gasteiger partial charge in [0.25, 0.3) is 5.91 Å². The fraction of sp³-hybridized carbons (Fsp3) is 0.516. The van der Waals surface area contributed by atoms with Crippen molar-refractivity contribution in [3.8, 4) is 11.3 Å². The van der Waals surface area contributed by atoms with Gasteiger partial charge in [0.15, 0.2) is 5.82 Å². The predicted octanol–water partition coefficient (Wildman–Crippen LogP) is 3.16. The Kier molecular flexibility index (Phi) is 11.5. The number of carbonyl (C=O) groups excluding carboxylic acids is 3. The topological polar surface area (TPSA) is 142 Å². The molecule has 12 nitrogen and oxygen atoms in total. The van der Waals surface area contributed by atoms with Crippen LogP contribution in [0.3, 0.4) is 0 Å². The minimum atomic E-state index is -1.17. The number of carboxylic acid groups (broad SMARTS) is 1. The van der Waals surface area contributed by atoms with E-state index in [1.54, 1.807) is 42.3 Å². The number of carboxylic acids is 1. The Bertz CT molecular complexity index is 1320. The summed E-state index contributed by atoms with van der Waals surface area (Å²) in [5, 5.41) is 12.0. The SMILES string of the molecule is CCCCOC(=O)N1CCN(C(=O)C(CCC(=O)O)NC(=O)c2cc(N3CCC(OC)C3)c(F)c(-c3ccccc3)n2)CC1. The summed E-state index contributed by atoms with van der Waals surface area (Å²) in [6.45, 7) is 4.18. The lowest BCUT2D eigenvalue weighted by molar-refractivity contribution is -0.138. The Morgan fingerprint density at radius 1 is 1.09 bits per heavy atom. The van der Waals surface area contributed by atoms with Crippen LogP contribution in [0.1, 0.15) is 49.5 Å². The lowest BCUT2D eigenvalue weighted by Crippen LogP contribution is -2.56. The summed E-state index contributed by atoms with van der Waals surface area (Å²) in [4.78, 5) is 60.0. The summed E-state index contributed by atoms with van der Waals surface area (Å²) in [5.74, 6) is -2.89. The van der Waals surface area contributed by atoms with E-state index < -0.39 is 35.7 Å². The van der Waals surface area contributed by atoms with Crippen LogP contribution in [0.25, 0.3) is 11.3 Å². The highest BCUT2D eigenvalue weighted by molar-refractivity contribution is 5.97. The van der Waals surface area contributed by atoms with Crippen LogP contribution >= 0.6 is 0 Å². The van der Waals surface area contributed by atoms with Crippen LogP contribution in [0.4, 0.5) is 14.9 Å². The maximum Gasteiger partial charge on any atom is 0.409 e. The number of piperazine rings is 1. The molecule has 238 valence electrons. The quantitative estimate of drug-likeness (QED) is 0.345. The van der Waals surface area contributed by atoms with Gasteiger partial charge in [-0.25, -0.2) is 14.2 Å². The number of benzene rings is 1. The first-order valence-corrected chi connectivity index (χ1v) is 15.0. The van der Waals surface area contributed by atoms with E-state index in [-0.39, 0.29) is 62.2 Å². The van der Waals surface area contributed by atoms with Crippen LogP contribution in [-0.2, 0) is 19.1 Å². The molecule has 2 aliphatic rings. The van der Waals surface area contributed by atoms with Gasteiger partial charge in [-0.05, 0) is 25.3 Å². The molecule has 2 saturated heterocycles. The first-order chi connectivity index (χ1) is 21.2. The predicted molar refractivity (Wildman–Crippen MR) is 160 cm³/mol. The Labute approximate surface area is 256 Å². The minimum Gasteiger partial charge on any atom is -0.481 e. The second-order valence-corrected chi connectivity index (χ2v) is 10.9. The highest BCUT2D eigenvalue weighted by atomic mass is 19.1. The number of methoxy groups -OCH3 is 1. The number of hydrogen-bond donors (Lipinski definition) is 2. The van der Waals surface area contributed by atoms with Crippen molar-refractivity contribution < 1.29 is 38.1 Å². The third kappa shape index (κ3) is 8.22. The summed E-state index contributed by atoms with van der Waals surface area (Å²) in [7, 11) is 1.60. The van der Waals surface area contributed by atoms with Gasteiger partial charge in [0.2, 0.25) is 5.91 Å². The number of aliphatic carboxylic acids is 1. The molecule has 3 amide bonds. The van der Waals surface area contributed by atoms with E-state index in [0.29, 0.717) is 31.7 Å². The van der Waals surface area contributed by atoms with Crippen LogP contribution in [0.15, 0.2) is 36.4 Å². The van der Waals surface area contributed by atoms with Crippen molar-refractivity contribution in [2.45, 2.75) is 51.2 Å². The fourth-order valence-corrected chi connectivity index (χ4v) is 5.27. The lowest BCUT2D eigenvalue weighted by atomic mass is 10.1. The molecule has 2 N–H and O–H groups in total. The summed E-state index contributed by atoms with van der Waals surface area (Å²) >= 11 is 0. The summed E-state index contributed by atoms with van der Waals surface area (Å²) in [6.07, 6.45) is 1.31. The molecular weight excluding hydrogens is 573 g/mol. The molecule has 44 heavy (non-hydrogen) atoms. The molecule has 2 unspecified atom stereocenters. The van der Waals surface area contributed by atoms with Crippen LogP contribution in [0, 0.1) is 5.82 Å². The Balaban J connectivity index is 1.54. The number of pyridine rings is 1. The molecule has 2 aliphatic heterocycles. The molecule has 0 radical (unpaired) electrons. The van der Waals surface area contributed by atoms with Crippen LogP contribution in [-0.4, -0.2) is 109 Å². The number of carbonyl (C=O) groups is 4. The lowest BCUT2D eigenvalue weighted by Gasteiger charge is -2.36. The van der Waals surface area contributed by atoms with Crippen molar-refractivity contribution in [2.75, 3.05) is 57.9 Å². The second-order valence-electron chi connectivity index (χ2n) is 10.9. The van der Waals surface area contributed by atoms with Gasteiger partial charge in [0.1, 0.15) is 17.4 Å². The normalized spacial score (nSPS) is 17.3. The first-order valence-electron chi connectivity index (χ1n) is 15.0. The van der Waals surface area contributed by atoms with Crippen LogP contribution in [0.5, 0.6) is 0 Å². The van der Waals surface area contributed by atoms with Crippen molar-refractivity contribution in [2.24, 2.45) is 0 Å². The number of halogens is 1. The number of nitrogens with one attached hydrogen (secondary N) is 1. The maximum absolute atomic E-state index is 15.9. The first kappa shape index (κ1) is 32.6. The van der Waals surface area contributed by atoms with E-state index >= 15 is 4.39 Å². The number of rotatable bonds is 12. The van der Waals surface area contributed by atoms with E-state index in [9.17, 15) is 24.3 Å². The zero-order chi connectivity index (χ0) is 31.6. The molecule has 2 fully saturated rings. The average molecular weight is 614 g/mol. The number of ether oxygens (including phenoxy) is 2. The van der Waals surface area contributed by atoms with Crippen molar-refractivity contribution in [1.29, 1.82) is 0 Å². The van der Waals surface area contributed by atoms with Crippen LogP contribution in [0.2, 0.25) is 0 Å². The number of nitrogens with zero attached hydrogens (tertiary/aromatic N) is 4. The van der Waals surface area contributed by atoms with Gasteiger partial charge < -0.3 is 34.6 Å². The Hall–Kier alpha value is -4.26. The van der Waals surface area contributed by atoms with Crippen molar-refractivity contribution >= 4 is 29.6 Å². The van der Waals surface area contributed by atoms with E-state index in [1.807, 2.05) is 6.92 Å². The van der Waals surface area contributed by atoms with Gasteiger partial charge in [-0.2, -0.15) is 0 Å². The molecule has 0 bridgehead atoms. The zero-order valence-corrected chi connectivity index (χ0v) is 25.2. The fourth-order valence-electron chi connectivity index (χ4n) is 5.27. The van der Waals surface area contributed by atoms with Crippen LogP contribution < -0.4 is 10.2 Å². The summed E-state index contributed by atoms with van der Waals surface area (Å²) in [5.41, 5.74) is 0.560. The molecule has 0 spiro atoms. The molecule has 4 rings (SSSR count). The third-order valence-corrected chi connectivity index (χ3v) is 7.86. The zero-order valence-electron chi connectivity index (χ0n) is 25.2. The van der Waals surface area contributed by atoms with Gasteiger partial charge in [-0.15, -0.1) is 0 Å². The number of amides is 3. The van der Waals surface area contributed by atoms with Gasteiger partial charge in [0, 0.05) is 58.4 Å². The van der Waals surface area contributed by atoms with Gasteiger partial charge in [-0.3, -0.25) is 14.4 Å². The molecule has 2 atom stereocenters. The molecule has 0 aliphatic carbocycles. The number of unbranched alkanes of at least 4 members (excludes halogenated alkanes) is 1. The number of aromatic nitrogens is 1. The van der Waals surface area contributed by atoms with E-state index in [4.69, 9.17) is 9.47 Å². The van der Waals surface area contributed by atoms with Crippen molar-refractivity contribution in [3.63, 3.8) is 0 Å². The maximum atomic E-state index is 15.9. The molecule has 1 aromatic heterocycles. The van der Waals surface area contributed by atoms with Crippen molar-refractivity contribution in [3.05, 3.63) is 47.9 Å². The Morgan fingerprint density at radius 3 is 2.43 bits per heavy atom. The average Bonchev–Trinajstić information content (AvgIpc) is 3.52. The molecule has 3 heterocycles. The van der Waals surface area contributed by atoms with Crippen molar-refractivity contribution in [1.82, 2.24) is 20.1 Å². The van der Waals surface area contributed by atoms with E-state index in [2.05, 4.69) is 10.3 Å². The molecule has 1 aromatic carbocycles. The van der Waals surface area contributed by atoms with Gasteiger partial charge >= 0.3 is 12.1 Å². The number of hydrogen-bond acceptors (Lipinski definition) is 8. The monoisotopic (exact) mass is 613 g/mol. The highest BCUT2D eigenvalue weighted by Crippen LogP contribution is 2.32. The van der Waals surface area contributed by atoms with E-state index in [1.165, 1.54) is 15.9 Å². The van der Waals surface area contributed by atoms with E-state index in [0.717, 1.165) is 12.8 Å². The smallest absolute Gasteiger partial charge is 0.409 e. The summed E-state index contributed by atoms with van der Waals surface area (Å²) < 4.78 is 26.6. The Morgan fingerprint density at radius 2 is 1.80 bits per heavy atom. The van der Waals surface area contributed by atoms with Gasteiger partial charge in [0.05, 0.1) is 18.4 Å². The number of anilines is 1. The second kappa shape index (κ2) is 15.5.